The molecule has 3 rings (SSSR count). The molecule has 0 unspecified atom stereocenters. The number of ether oxygens (including phenoxy) is 3. The van der Waals surface area contributed by atoms with Gasteiger partial charge in [-0.1, -0.05) is 0 Å². The fourth-order valence-electron chi connectivity index (χ4n) is 2.57. The molecule has 0 aliphatic carbocycles. The number of nitrogens with zero attached hydrogens (tertiary/aromatic N) is 2. The van der Waals surface area contributed by atoms with Crippen molar-refractivity contribution in [2.24, 2.45) is 0 Å². The molecule has 1 aliphatic rings. The lowest BCUT2D eigenvalue weighted by atomic mass is 10.2. The Balaban J connectivity index is 1.72. The highest BCUT2D eigenvalue weighted by atomic mass is 32.1. The van der Waals surface area contributed by atoms with E-state index in [4.69, 9.17) is 14.2 Å². The first kappa shape index (κ1) is 16.7. The third-order valence-corrected chi connectivity index (χ3v) is 4.82. The topological polar surface area (TPSA) is 60.9 Å². The predicted octanol–water partition coefficient (Wildman–Crippen LogP) is 2.23. The molecule has 0 spiro atoms. The molecule has 2 heterocycles. The Bertz CT molecular complexity index is 710. The molecule has 0 saturated carbocycles. The van der Waals surface area contributed by atoms with Gasteiger partial charge in [-0.25, -0.2) is 4.98 Å². The van der Waals surface area contributed by atoms with Crippen molar-refractivity contribution in [3.05, 3.63) is 29.3 Å². The summed E-state index contributed by atoms with van der Waals surface area (Å²) >= 11 is 1.52. The van der Waals surface area contributed by atoms with Crippen molar-refractivity contribution >= 4 is 17.2 Å². The average molecular weight is 348 g/mol. The minimum Gasteiger partial charge on any atom is -0.493 e. The van der Waals surface area contributed by atoms with E-state index >= 15 is 0 Å². The maximum absolute atomic E-state index is 12.3. The van der Waals surface area contributed by atoms with E-state index in [1.165, 1.54) is 11.3 Å². The number of carbonyl (C=O) groups is 1. The third-order valence-electron chi connectivity index (χ3n) is 3.88. The largest absolute Gasteiger partial charge is 0.493 e. The highest BCUT2D eigenvalue weighted by Gasteiger charge is 2.18. The highest BCUT2D eigenvalue weighted by molar-refractivity contribution is 7.13. The fraction of sp³-hybridized carbons (Fsp3) is 0.412. The molecule has 1 aromatic heterocycles. The molecule has 0 N–H and O–H groups in total. The molecular formula is C17H20N2O4S. The van der Waals surface area contributed by atoms with Crippen LogP contribution in [-0.4, -0.2) is 56.3 Å². The molecular weight excluding hydrogens is 328 g/mol. The minimum atomic E-state index is 0.0995. The first-order valence-corrected chi connectivity index (χ1v) is 8.61. The zero-order chi connectivity index (χ0) is 16.9. The summed E-state index contributed by atoms with van der Waals surface area (Å²) in [6.45, 7) is 2.54. The lowest BCUT2D eigenvalue weighted by molar-refractivity contribution is -0.134. The van der Waals surface area contributed by atoms with Gasteiger partial charge in [-0.3, -0.25) is 4.79 Å². The molecule has 6 nitrogen and oxygen atoms in total. The second-order valence-electron chi connectivity index (χ2n) is 5.38. The van der Waals surface area contributed by atoms with Crippen molar-refractivity contribution in [3.63, 3.8) is 0 Å². The van der Waals surface area contributed by atoms with E-state index in [1.807, 2.05) is 28.5 Å². The van der Waals surface area contributed by atoms with Gasteiger partial charge in [-0.2, -0.15) is 0 Å². The summed E-state index contributed by atoms with van der Waals surface area (Å²) in [6.07, 6.45) is 0.323. The van der Waals surface area contributed by atoms with E-state index < -0.39 is 0 Å². The lowest BCUT2D eigenvalue weighted by Gasteiger charge is -2.26. The van der Waals surface area contributed by atoms with Gasteiger partial charge in [0, 0.05) is 24.0 Å². The molecule has 7 heteroatoms. The van der Waals surface area contributed by atoms with Gasteiger partial charge < -0.3 is 19.1 Å². The highest BCUT2D eigenvalue weighted by Crippen LogP contribution is 2.33. The van der Waals surface area contributed by atoms with E-state index in [0.717, 1.165) is 16.3 Å². The number of methoxy groups -OCH3 is 2. The number of amides is 1. The van der Waals surface area contributed by atoms with Crippen LogP contribution >= 0.6 is 11.3 Å². The van der Waals surface area contributed by atoms with Gasteiger partial charge in [0.2, 0.25) is 5.91 Å². The van der Waals surface area contributed by atoms with Crippen molar-refractivity contribution in [2.75, 3.05) is 40.5 Å². The first-order valence-electron chi connectivity index (χ1n) is 7.73. The minimum absolute atomic E-state index is 0.0995. The zero-order valence-electron chi connectivity index (χ0n) is 13.8. The quantitative estimate of drug-likeness (QED) is 0.829. The summed E-state index contributed by atoms with van der Waals surface area (Å²) in [6, 6.07) is 5.69. The maximum Gasteiger partial charge on any atom is 0.228 e. The summed E-state index contributed by atoms with van der Waals surface area (Å²) in [7, 11) is 3.21. The molecule has 0 atom stereocenters. The van der Waals surface area contributed by atoms with E-state index in [2.05, 4.69) is 4.98 Å². The van der Waals surface area contributed by atoms with Crippen LogP contribution in [0.2, 0.25) is 0 Å². The summed E-state index contributed by atoms with van der Waals surface area (Å²) in [5.74, 6) is 1.44. The van der Waals surface area contributed by atoms with Gasteiger partial charge in [0.15, 0.2) is 11.5 Å². The standard InChI is InChI=1S/C17H20N2O4S/c1-21-14-4-3-12(9-15(14)22-2)17-18-13(11-24-17)10-16(20)19-5-7-23-8-6-19/h3-4,9,11H,5-8,10H2,1-2H3. The summed E-state index contributed by atoms with van der Waals surface area (Å²) in [5.41, 5.74) is 1.74. The third kappa shape index (κ3) is 3.68. The average Bonchev–Trinajstić information content (AvgIpc) is 3.10. The van der Waals surface area contributed by atoms with E-state index in [-0.39, 0.29) is 5.91 Å². The number of aromatic nitrogens is 1. The van der Waals surface area contributed by atoms with Crippen molar-refractivity contribution in [2.45, 2.75) is 6.42 Å². The summed E-state index contributed by atoms with van der Waals surface area (Å²) < 4.78 is 15.9. The lowest BCUT2D eigenvalue weighted by Crippen LogP contribution is -2.41. The molecule has 1 saturated heterocycles. The van der Waals surface area contributed by atoms with Crippen molar-refractivity contribution < 1.29 is 19.0 Å². The van der Waals surface area contributed by atoms with Crippen LogP contribution in [0.15, 0.2) is 23.6 Å². The number of carbonyl (C=O) groups excluding carboxylic acids is 1. The van der Waals surface area contributed by atoms with Crippen LogP contribution in [0.25, 0.3) is 10.6 Å². The summed E-state index contributed by atoms with van der Waals surface area (Å²) in [4.78, 5) is 18.7. The van der Waals surface area contributed by atoms with Crippen LogP contribution in [0, 0.1) is 0 Å². The van der Waals surface area contributed by atoms with Crippen LogP contribution in [-0.2, 0) is 16.0 Å². The molecule has 1 amide bonds. The summed E-state index contributed by atoms with van der Waals surface area (Å²) in [5, 5.41) is 2.80. The number of morpholine rings is 1. The molecule has 128 valence electrons. The number of rotatable bonds is 5. The van der Waals surface area contributed by atoms with Crippen LogP contribution in [0.3, 0.4) is 0 Å². The van der Waals surface area contributed by atoms with Crippen LogP contribution in [0.5, 0.6) is 11.5 Å². The van der Waals surface area contributed by atoms with Gasteiger partial charge >= 0.3 is 0 Å². The van der Waals surface area contributed by atoms with Crippen molar-refractivity contribution in [1.29, 1.82) is 0 Å². The molecule has 0 bridgehead atoms. The number of thiazole rings is 1. The van der Waals surface area contributed by atoms with Gasteiger partial charge in [-0.15, -0.1) is 11.3 Å². The number of hydrogen-bond donors (Lipinski definition) is 0. The molecule has 1 fully saturated rings. The molecule has 1 aromatic carbocycles. The first-order chi connectivity index (χ1) is 11.7. The maximum atomic E-state index is 12.3. The molecule has 2 aromatic rings. The van der Waals surface area contributed by atoms with E-state index in [9.17, 15) is 4.79 Å². The Hall–Kier alpha value is -2.12. The van der Waals surface area contributed by atoms with E-state index in [0.29, 0.717) is 44.2 Å². The van der Waals surface area contributed by atoms with Crippen LogP contribution in [0.4, 0.5) is 0 Å². The molecule has 24 heavy (non-hydrogen) atoms. The Kier molecular flexibility index (Phi) is 5.32. The fourth-order valence-corrected chi connectivity index (χ4v) is 3.39. The normalized spacial score (nSPS) is 14.5. The van der Waals surface area contributed by atoms with Gasteiger partial charge in [0.05, 0.1) is 39.5 Å². The van der Waals surface area contributed by atoms with Gasteiger partial charge in [0.25, 0.3) is 0 Å². The monoisotopic (exact) mass is 348 g/mol. The number of benzene rings is 1. The predicted molar refractivity (Wildman–Crippen MR) is 91.8 cm³/mol. The Morgan fingerprint density at radius 2 is 2.00 bits per heavy atom. The van der Waals surface area contributed by atoms with Crippen molar-refractivity contribution in [3.8, 4) is 22.1 Å². The van der Waals surface area contributed by atoms with E-state index in [1.54, 1.807) is 14.2 Å². The Labute approximate surface area is 145 Å². The molecule has 0 radical (unpaired) electrons. The van der Waals surface area contributed by atoms with Crippen molar-refractivity contribution in [1.82, 2.24) is 9.88 Å². The zero-order valence-corrected chi connectivity index (χ0v) is 14.6. The second kappa shape index (κ2) is 7.63. The SMILES string of the molecule is COc1ccc(-c2nc(CC(=O)N3CCOCC3)cs2)cc1OC. The van der Waals surface area contributed by atoms with Crippen LogP contribution in [0.1, 0.15) is 5.69 Å². The Morgan fingerprint density at radius 1 is 1.25 bits per heavy atom. The van der Waals surface area contributed by atoms with Gasteiger partial charge in [-0.05, 0) is 18.2 Å². The molecule has 1 aliphatic heterocycles. The Morgan fingerprint density at radius 3 is 2.71 bits per heavy atom. The van der Waals surface area contributed by atoms with Crippen LogP contribution < -0.4 is 9.47 Å². The number of hydrogen-bond acceptors (Lipinski definition) is 6. The van der Waals surface area contributed by atoms with Gasteiger partial charge in [0.1, 0.15) is 5.01 Å². The smallest absolute Gasteiger partial charge is 0.228 e. The second-order valence-corrected chi connectivity index (χ2v) is 6.24.